The fraction of sp³-hybridized carbons (Fsp3) is 0.500. The molecule has 5 N–H and O–H groups in total. The van der Waals surface area contributed by atoms with Crippen LogP contribution in [0.1, 0.15) is 48.2 Å². The van der Waals surface area contributed by atoms with Gasteiger partial charge in [-0.05, 0) is 49.8 Å². The summed E-state index contributed by atoms with van der Waals surface area (Å²) in [5.74, 6) is 0.0935. The highest BCUT2D eigenvalue weighted by molar-refractivity contribution is 7.15. The molecule has 2 amide bonds. The Morgan fingerprint density at radius 2 is 2.08 bits per heavy atom. The molecule has 0 radical (unpaired) electrons. The smallest absolute Gasteiger partial charge is 0.406 e. The lowest BCUT2D eigenvalue weighted by molar-refractivity contribution is -0.148. The number of nitrogens with zero attached hydrogens (tertiary/aromatic N) is 1. The Labute approximate surface area is 215 Å². The van der Waals surface area contributed by atoms with Crippen LogP contribution < -0.4 is 16.4 Å². The van der Waals surface area contributed by atoms with Crippen molar-refractivity contribution in [2.24, 2.45) is 5.73 Å². The quantitative estimate of drug-likeness (QED) is 0.220. The number of amidine groups is 1. The van der Waals surface area contributed by atoms with E-state index < -0.39 is 12.2 Å². The van der Waals surface area contributed by atoms with E-state index in [1.165, 1.54) is 12.7 Å². The average molecular weight is 514 g/mol. The van der Waals surface area contributed by atoms with Crippen molar-refractivity contribution in [1.82, 2.24) is 15.5 Å². The van der Waals surface area contributed by atoms with Crippen molar-refractivity contribution in [3.63, 3.8) is 0 Å². The van der Waals surface area contributed by atoms with Gasteiger partial charge < -0.3 is 30.7 Å². The number of nitrogens with one attached hydrogen (secondary N) is 3. The Morgan fingerprint density at radius 3 is 2.69 bits per heavy atom. The van der Waals surface area contributed by atoms with Crippen LogP contribution in [-0.4, -0.2) is 68.2 Å². The zero-order valence-electron chi connectivity index (χ0n) is 20.8. The number of methoxy groups -OCH3 is 1. The first kappa shape index (κ1) is 26.1. The number of hydrogen-bond acceptors (Lipinski definition) is 7. The third-order valence-corrected chi connectivity index (χ3v) is 7.99. The minimum Gasteiger partial charge on any atom is -0.453 e. The van der Waals surface area contributed by atoms with E-state index in [4.69, 9.17) is 15.9 Å². The van der Waals surface area contributed by atoms with Crippen molar-refractivity contribution in [2.75, 3.05) is 33.4 Å². The first-order valence-corrected chi connectivity index (χ1v) is 13.2. The molecule has 2 aromatic rings. The lowest BCUT2D eigenvalue weighted by Gasteiger charge is -2.33. The Balaban J connectivity index is 1.58. The van der Waals surface area contributed by atoms with Gasteiger partial charge >= 0.3 is 6.09 Å². The highest BCUT2D eigenvalue weighted by atomic mass is 32.1. The fourth-order valence-corrected chi connectivity index (χ4v) is 5.76. The SMILES string of the molecule is COC(=O)NCCCc1cc([C@@H](C)N(C(=O)[C@H]2CNCCO2)C2CC2)sc1-c1ccc(C(=N)N)cc1. The van der Waals surface area contributed by atoms with Crippen LogP contribution in [0.25, 0.3) is 10.4 Å². The maximum atomic E-state index is 13.4. The molecule has 0 unspecified atom stereocenters. The molecule has 2 atom stereocenters. The summed E-state index contributed by atoms with van der Waals surface area (Å²) in [6, 6.07) is 10.1. The normalized spacial score (nSPS) is 18.3. The topological polar surface area (TPSA) is 130 Å². The summed E-state index contributed by atoms with van der Waals surface area (Å²) in [6.45, 7) is 4.48. The van der Waals surface area contributed by atoms with E-state index in [0.717, 1.165) is 47.5 Å². The van der Waals surface area contributed by atoms with Gasteiger partial charge in [0.05, 0.1) is 19.8 Å². The molecule has 1 saturated carbocycles. The van der Waals surface area contributed by atoms with Gasteiger partial charge in [0.25, 0.3) is 5.91 Å². The van der Waals surface area contributed by atoms with E-state index in [2.05, 4.69) is 28.4 Å². The molecule has 1 aliphatic heterocycles. The van der Waals surface area contributed by atoms with E-state index in [-0.39, 0.29) is 23.8 Å². The molecular formula is C26H35N5O4S. The van der Waals surface area contributed by atoms with Crippen molar-refractivity contribution in [1.29, 1.82) is 5.41 Å². The number of ether oxygens (including phenoxy) is 2. The number of nitrogen functional groups attached to an aromatic ring is 1. The number of morpholine rings is 1. The molecule has 1 saturated heterocycles. The first-order valence-electron chi connectivity index (χ1n) is 12.4. The number of carbonyl (C=O) groups excluding carboxylic acids is 2. The summed E-state index contributed by atoms with van der Waals surface area (Å²) in [6.07, 6.45) is 2.69. The van der Waals surface area contributed by atoms with Gasteiger partial charge in [-0.25, -0.2) is 4.79 Å². The van der Waals surface area contributed by atoms with Crippen molar-refractivity contribution < 1.29 is 19.1 Å². The number of rotatable bonds is 10. The molecule has 194 valence electrons. The number of benzene rings is 1. The van der Waals surface area contributed by atoms with Crippen LogP contribution in [0.2, 0.25) is 0 Å². The second kappa shape index (κ2) is 11.9. The molecule has 0 spiro atoms. The summed E-state index contributed by atoms with van der Waals surface area (Å²) in [5.41, 5.74) is 8.53. The molecule has 4 rings (SSSR count). The van der Waals surface area contributed by atoms with Gasteiger partial charge in [-0.1, -0.05) is 24.3 Å². The maximum Gasteiger partial charge on any atom is 0.406 e. The fourth-order valence-electron chi connectivity index (χ4n) is 4.50. The van der Waals surface area contributed by atoms with Gasteiger partial charge in [0, 0.05) is 41.0 Å². The van der Waals surface area contributed by atoms with Gasteiger partial charge in [-0.2, -0.15) is 0 Å². The van der Waals surface area contributed by atoms with Gasteiger partial charge in [0.15, 0.2) is 0 Å². The number of alkyl carbamates (subject to hydrolysis) is 1. The lowest BCUT2D eigenvalue weighted by atomic mass is 10.0. The molecule has 2 heterocycles. The van der Waals surface area contributed by atoms with Crippen molar-refractivity contribution in [3.05, 3.63) is 46.3 Å². The third-order valence-electron chi connectivity index (χ3n) is 6.59. The number of thiophene rings is 1. The van der Waals surface area contributed by atoms with Crippen molar-refractivity contribution >= 4 is 29.2 Å². The van der Waals surface area contributed by atoms with Crippen LogP contribution in [0.15, 0.2) is 30.3 Å². The maximum absolute atomic E-state index is 13.4. The van der Waals surface area contributed by atoms with Crippen LogP contribution in [-0.2, 0) is 20.7 Å². The Kier molecular flexibility index (Phi) is 8.60. The summed E-state index contributed by atoms with van der Waals surface area (Å²) in [4.78, 5) is 29.1. The van der Waals surface area contributed by atoms with Crippen LogP contribution in [0.5, 0.6) is 0 Å². The van der Waals surface area contributed by atoms with Gasteiger partial charge in [0.1, 0.15) is 11.9 Å². The number of hydrogen-bond donors (Lipinski definition) is 4. The van der Waals surface area contributed by atoms with Gasteiger partial charge in [0.2, 0.25) is 0 Å². The summed E-state index contributed by atoms with van der Waals surface area (Å²) >= 11 is 1.69. The summed E-state index contributed by atoms with van der Waals surface area (Å²) in [5, 5.41) is 13.7. The molecule has 2 fully saturated rings. The molecule has 10 heteroatoms. The Bertz CT molecular complexity index is 1080. The molecule has 2 aliphatic rings. The minimum atomic E-state index is -0.441. The van der Waals surface area contributed by atoms with Crippen molar-refractivity contribution in [2.45, 2.75) is 50.8 Å². The number of nitrogens with two attached hydrogens (primary N) is 1. The van der Waals surface area contributed by atoms with Gasteiger partial charge in [-0.15, -0.1) is 11.3 Å². The van der Waals surface area contributed by atoms with E-state index >= 15 is 0 Å². The second-order valence-corrected chi connectivity index (χ2v) is 10.3. The molecule has 0 bridgehead atoms. The monoisotopic (exact) mass is 513 g/mol. The highest BCUT2D eigenvalue weighted by Gasteiger charge is 2.40. The molecule has 1 aromatic heterocycles. The zero-order valence-corrected chi connectivity index (χ0v) is 21.7. The molecule has 1 aliphatic carbocycles. The van der Waals surface area contributed by atoms with Crippen LogP contribution in [0, 0.1) is 5.41 Å². The highest BCUT2D eigenvalue weighted by Crippen LogP contribution is 2.41. The minimum absolute atomic E-state index is 0.0363. The number of aryl methyl sites for hydroxylation is 1. The number of amides is 2. The molecule has 36 heavy (non-hydrogen) atoms. The van der Waals surface area contributed by atoms with E-state index in [9.17, 15) is 9.59 Å². The van der Waals surface area contributed by atoms with E-state index in [0.29, 0.717) is 25.3 Å². The Morgan fingerprint density at radius 1 is 1.33 bits per heavy atom. The molecule has 1 aromatic carbocycles. The average Bonchev–Trinajstić information content (AvgIpc) is 3.64. The first-order chi connectivity index (χ1) is 17.4. The molecule has 9 nitrogen and oxygen atoms in total. The van der Waals surface area contributed by atoms with E-state index in [1.807, 2.05) is 29.2 Å². The number of carbonyl (C=O) groups is 2. The second-order valence-electron chi connectivity index (χ2n) is 9.23. The largest absolute Gasteiger partial charge is 0.453 e. The van der Waals surface area contributed by atoms with Crippen LogP contribution in [0.3, 0.4) is 0 Å². The van der Waals surface area contributed by atoms with Crippen LogP contribution in [0.4, 0.5) is 4.79 Å². The molecular weight excluding hydrogens is 478 g/mol. The Hall–Kier alpha value is -2.95. The standard InChI is InChI=1S/C26H35N5O4S/c1-16(31(20-9-10-20)25(32)21-15-29-12-13-35-21)22-14-19(4-3-11-30-26(33)34-2)23(36-22)17-5-7-18(8-6-17)24(27)28/h5-8,14,16,20-21,29H,3-4,9-13,15H2,1-2H3,(H3,27,28)(H,30,33)/t16-,21-/m1/s1. The lowest BCUT2D eigenvalue weighted by Crippen LogP contribution is -2.50. The van der Waals surface area contributed by atoms with Gasteiger partial charge in [-0.3, -0.25) is 10.2 Å². The van der Waals surface area contributed by atoms with Crippen molar-refractivity contribution in [3.8, 4) is 10.4 Å². The van der Waals surface area contributed by atoms with E-state index in [1.54, 1.807) is 11.3 Å². The zero-order chi connectivity index (χ0) is 25.7. The summed E-state index contributed by atoms with van der Waals surface area (Å²) < 4.78 is 10.4. The van der Waals surface area contributed by atoms with Crippen LogP contribution >= 0.6 is 11.3 Å². The predicted molar refractivity (Wildman–Crippen MR) is 140 cm³/mol. The predicted octanol–water partition coefficient (Wildman–Crippen LogP) is 3.03. The summed E-state index contributed by atoms with van der Waals surface area (Å²) in [7, 11) is 1.35. The third kappa shape index (κ3) is 6.24.